The highest BCUT2D eigenvalue weighted by Gasteiger charge is 2.48. The Kier molecular flexibility index (Phi) is 4.24. The summed E-state index contributed by atoms with van der Waals surface area (Å²) in [6.07, 6.45) is 9.01. The molecule has 3 rings (SSSR count). The quantitative estimate of drug-likeness (QED) is 0.904. The number of hydrogen-bond acceptors (Lipinski definition) is 3. The van der Waals surface area contributed by atoms with Gasteiger partial charge in [0.2, 0.25) is 5.91 Å². The number of likely N-dealkylation sites (tertiary alicyclic amines) is 1. The monoisotopic (exact) mass is 287 g/mol. The lowest BCUT2D eigenvalue weighted by Crippen LogP contribution is -2.46. The molecule has 0 atom stereocenters. The average Bonchev–Trinajstić information content (AvgIpc) is 3.31. The SMILES string of the molecule is CCC1(C(=O)NC2CCN(Cc3cccnc3)CC2)CC1. The highest BCUT2D eigenvalue weighted by Crippen LogP contribution is 2.48. The largest absolute Gasteiger partial charge is 0.353 e. The Morgan fingerprint density at radius 2 is 2.19 bits per heavy atom. The molecular formula is C17H25N3O. The van der Waals surface area contributed by atoms with Crippen molar-refractivity contribution in [2.75, 3.05) is 13.1 Å². The standard InChI is InChI=1S/C17H25N3O/c1-2-17(7-8-17)16(21)19-15-5-10-20(11-6-15)13-14-4-3-9-18-12-14/h3-4,9,12,15H,2,5-8,10-11,13H2,1H3,(H,19,21). The number of amides is 1. The van der Waals surface area contributed by atoms with Crippen molar-refractivity contribution in [3.05, 3.63) is 30.1 Å². The van der Waals surface area contributed by atoms with E-state index in [-0.39, 0.29) is 5.41 Å². The van der Waals surface area contributed by atoms with Gasteiger partial charge in [-0.1, -0.05) is 13.0 Å². The molecule has 2 heterocycles. The van der Waals surface area contributed by atoms with Gasteiger partial charge in [-0.3, -0.25) is 14.7 Å². The first-order valence-electron chi connectivity index (χ1n) is 8.14. The summed E-state index contributed by atoms with van der Waals surface area (Å²) in [5.74, 6) is 0.302. The molecule has 2 aliphatic rings. The number of carbonyl (C=O) groups excluding carboxylic acids is 1. The normalized spacial score (nSPS) is 22.0. The summed E-state index contributed by atoms with van der Waals surface area (Å²) in [6.45, 7) is 5.20. The van der Waals surface area contributed by atoms with Gasteiger partial charge >= 0.3 is 0 Å². The van der Waals surface area contributed by atoms with Crippen LogP contribution in [0, 0.1) is 5.41 Å². The van der Waals surface area contributed by atoms with Crippen LogP contribution in [0.2, 0.25) is 0 Å². The second kappa shape index (κ2) is 6.14. The molecule has 0 unspecified atom stereocenters. The lowest BCUT2D eigenvalue weighted by atomic mass is 9.99. The van der Waals surface area contributed by atoms with Crippen molar-refractivity contribution in [1.29, 1.82) is 0 Å². The van der Waals surface area contributed by atoms with Crippen LogP contribution in [-0.4, -0.2) is 34.9 Å². The molecule has 0 aromatic carbocycles. The van der Waals surface area contributed by atoms with Gasteiger partial charge in [0, 0.05) is 43.5 Å². The predicted molar refractivity (Wildman–Crippen MR) is 82.6 cm³/mol. The van der Waals surface area contributed by atoms with Crippen molar-refractivity contribution in [2.24, 2.45) is 5.41 Å². The van der Waals surface area contributed by atoms with E-state index in [0.717, 1.165) is 51.7 Å². The molecule has 1 saturated heterocycles. The van der Waals surface area contributed by atoms with Gasteiger partial charge in [0.1, 0.15) is 0 Å². The third-order valence-electron chi connectivity index (χ3n) is 5.06. The first-order chi connectivity index (χ1) is 10.2. The number of nitrogens with one attached hydrogen (secondary N) is 1. The zero-order chi connectivity index (χ0) is 14.7. The van der Waals surface area contributed by atoms with Gasteiger partial charge in [-0.05, 0) is 43.7 Å². The zero-order valence-electron chi connectivity index (χ0n) is 12.8. The van der Waals surface area contributed by atoms with Crippen LogP contribution in [-0.2, 0) is 11.3 Å². The first-order valence-corrected chi connectivity index (χ1v) is 8.14. The van der Waals surface area contributed by atoms with Gasteiger partial charge in [-0.25, -0.2) is 0 Å². The molecule has 1 aromatic rings. The molecule has 1 N–H and O–H groups in total. The second-order valence-electron chi connectivity index (χ2n) is 6.52. The minimum absolute atomic E-state index is 0.00710. The highest BCUT2D eigenvalue weighted by atomic mass is 16.2. The van der Waals surface area contributed by atoms with Crippen molar-refractivity contribution in [1.82, 2.24) is 15.2 Å². The van der Waals surface area contributed by atoms with Gasteiger partial charge in [-0.15, -0.1) is 0 Å². The Balaban J connectivity index is 1.44. The summed E-state index contributed by atoms with van der Waals surface area (Å²) < 4.78 is 0. The Bertz CT molecular complexity index is 476. The maximum Gasteiger partial charge on any atom is 0.226 e. The van der Waals surface area contributed by atoms with Gasteiger partial charge in [-0.2, -0.15) is 0 Å². The number of nitrogens with zero attached hydrogens (tertiary/aromatic N) is 2. The molecule has 1 aliphatic heterocycles. The number of aromatic nitrogens is 1. The molecule has 0 radical (unpaired) electrons. The van der Waals surface area contributed by atoms with E-state index in [1.54, 1.807) is 0 Å². The molecule has 0 bridgehead atoms. The van der Waals surface area contributed by atoms with Crippen LogP contribution in [0.15, 0.2) is 24.5 Å². The van der Waals surface area contributed by atoms with Crippen molar-refractivity contribution >= 4 is 5.91 Å². The summed E-state index contributed by atoms with van der Waals surface area (Å²) >= 11 is 0. The molecule has 114 valence electrons. The molecular weight excluding hydrogens is 262 g/mol. The smallest absolute Gasteiger partial charge is 0.226 e. The summed E-state index contributed by atoms with van der Waals surface area (Å²) in [6, 6.07) is 4.48. The van der Waals surface area contributed by atoms with Crippen LogP contribution in [0.3, 0.4) is 0 Å². The number of carbonyl (C=O) groups is 1. The molecule has 1 aliphatic carbocycles. The fourth-order valence-corrected chi connectivity index (χ4v) is 3.22. The molecule has 0 spiro atoms. The Morgan fingerprint density at radius 1 is 1.43 bits per heavy atom. The van der Waals surface area contributed by atoms with E-state index in [4.69, 9.17) is 0 Å². The first kappa shape index (κ1) is 14.5. The van der Waals surface area contributed by atoms with E-state index < -0.39 is 0 Å². The highest BCUT2D eigenvalue weighted by molar-refractivity contribution is 5.85. The Morgan fingerprint density at radius 3 is 2.76 bits per heavy atom. The van der Waals surface area contributed by atoms with E-state index in [1.165, 1.54) is 5.56 Å². The van der Waals surface area contributed by atoms with Crippen LogP contribution in [0.4, 0.5) is 0 Å². The predicted octanol–water partition coefficient (Wildman–Crippen LogP) is 2.35. The number of pyridine rings is 1. The maximum absolute atomic E-state index is 12.3. The molecule has 4 nitrogen and oxygen atoms in total. The van der Waals surface area contributed by atoms with E-state index in [2.05, 4.69) is 28.2 Å². The van der Waals surface area contributed by atoms with E-state index >= 15 is 0 Å². The third kappa shape index (κ3) is 3.43. The zero-order valence-corrected chi connectivity index (χ0v) is 12.8. The molecule has 1 saturated carbocycles. The topological polar surface area (TPSA) is 45.2 Å². The minimum Gasteiger partial charge on any atom is -0.353 e. The van der Waals surface area contributed by atoms with Crippen molar-refractivity contribution in [2.45, 2.75) is 51.6 Å². The Labute approximate surface area is 126 Å². The van der Waals surface area contributed by atoms with Crippen molar-refractivity contribution in [3.63, 3.8) is 0 Å². The number of rotatable bonds is 5. The van der Waals surface area contributed by atoms with Crippen LogP contribution in [0.5, 0.6) is 0 Å². The molecule has 4 heteroatoms. The summed E-state index contributed by atoms with van der Waals surface area (Å²) in [5.41, 5.74) is 1.26. The van der Waals surface area contributed by atoms with Crippen LogP contribution >= 0.6 is 0 Å². The molecule has 2 fully saturated rings. The lowest BCUT2D eigenvalue weighted by molar-refractivity contribution is -0.127. The summed E-state index contributed by atoms with van der Waals surface area (Å²) in [5, 5.41) is 3.28. The summed E-state index contributed by atoms with van der Waals surface area (Å²) in [4.78, 5) is 18.9. The van der Waals surface area contributed by atoms with Gasteiger partial charge in [0.05, 0.1) is 0 Å². The minimum atomic E-state index is -0.00710. The number of piperidine rings is 1. The summed E-state index contributed by atoms with van der Waals surface area (Å²) in [7, 11) is 0. The van der Waals surface area contributed by atoms with Gasteiger partial charge in [0.15, 0.2) is 0 Å². The van der Waals surface area contributed by atoms with Gasteiger partial charge in [0.25, 0.3) is 0 Å². The molecule has 1 aromatic heterocycles. The fourth-order valence-electron chi connectivity index (χ4n) is 3.22. The maximum atomic E-state index is 12.3. The molecule has 1 amide bonds. The number of hydrogen-bond donors (Lipinski definition) is 1. The van der Waals surface area contributed by atoms with E-state index in [1.807, 2.05) is 18.5 Å². The lowest BCUT2D eigenvalue weighted by Gasteiger charge is -2.33. The van der Waals surface area contributed by atoms with Crippen LogP contribution in [0.25, 0.3) is 0 Å². The second-order valence-corrected chi connectivity index (χ2v) is 6.52. The van der Waals surface area contributed by atoms with Crippen LogP contribution in [0.1, 0.15) is 44.6 Å². The van der Waals surface area contributed by atoms with Gasteiger partial charge < -0.3 is 5.32 Å². The van der Waals surface area contributed by atoms with Crippen molar-refractivity contribution < 1.29 is 4.79 Å². The van der Waals surface area contributed by atoms with Crippen molar-refractivity contribution in [3.8, 4) is 0 Å². The average molecular weight is 287 g/mol. The van der Waals surface area contributed by atoms with E-state index in [9.17, 15) is 4.79 Å². The van der Waals surface area contributed by atoms with E-state index in [0.29, 0.717) is 11.9 Å². The third-order valence-corrected chi connectivity index (χ3v) is 5.06. The molecule has 21 heavy (non-hydrogen) atoms. The fraction of sp³-hybridized carbons (Fsp3) is 0.647. The Hall–Kier alpha value is -1.42. The van der Waals surface area contributed by atoms with Crippen LogP contribution < -0.4 is 5.32 Å².